The number of ether oxygens (including phenoxy) is 2. The van der Waals surface area contributed by atoms with Gasteiger partial charge >= 0.3 is 0 Å². The Kier molecular flexibility index (Phi) is 7.72. The van der Waals surface area contributed by atoms with Crippen LogP contribution in [0.1, 0.15) is 34.8 Å². The molecule has 0 radical (unpaired) electrons. The lowest BCUT2D eigenvalue weighted by molar-refractivity contribution is 0.101. The summed E-state index contributed by atoms with van der Waals surface area (Å²) in [6.45, 7) is 2.84. The van der Waals surface area contributed by atoms with Gasteiger partial charge in [-0.05, 0) is 55.2 Å². The van der Waals surface area contributed by atoms with E-state index in [0.717, 1.165) is 29.4 Å². The monoisotopic (exact) mass is 471 g/mol. The Bertz CT molecular complexity index is 1310. The summed E-state index contributed by atoms with van der Waals surface area (Å²) < 4.78 is 10.7. The van der Waals surface area contributed by atoms with Crippen molar-refractivity contribution in [1.82, 2.24) is 15.0 Å². The van der Waals surface area contributed by atoms with Crippen LogP contribution in [0, 0.1) is 0 Å². The Balaban J connectivity index is 1.42. The molecule has 180 valence electrons. The summed E-state index contributed by atoms with van der Waals surface area (Å²) >= 11 is 0. The zero-order valence-electron chi connectivity index (χ0n) is 20.2. The molecule has 0 bridgehead atoms. The summed E-state index contributed by atoms with van der Waals surface area (Å²) in [5, 5.41) is 7.58. The van der Waals surface area contributed by atoms with E-state index in [1.807, 2.05) is 54.6 Å². The fourth-order valence-corrected chi connectivity index (χ4v) is 3.75. The van der Waals surface area contributed by atoms with E-state index in [2.05, 4.69) is 20.6 Å². The molecule has 0 aliphatic heterocycles. The van der Waals surface area contributed by atoms with Crippen LogP contribution >= 0.6 is 0 Å². The van der Waals surface area contributed by atoms with Gasteiger partial charge in [0.15, 0.2) is 22.9 Å². The molecular weight excluding hydrogens is 442 g/mol. The lowest BCUT2D eigenvalue weighted by Crippen LogP contribution is -2.10. The number of anilines is 2. The van der Waals surface area contributed by atoms with Crippen molar-refractivity contribution in [2.24, 2.45) is 0 Å². The number of rotatable bonds is 11. The Morgan fingerprint density at radius 2 is 1.69 bits per heavy atom. The molecule has 0 aliphatic carbocycles. The van der Waals surface area contributed by atoms with Gasteiger partial charge in [-0.25, -0.2) is 4.98 Å². The van der Waals surface area contributed by atoms with Crippen LogP contribution in [-0.2, 0) is 13.0 Å². The van der Waals surface area contributed by atoms with Crippen molar-refractivity contribution >= 4 is 28.6 Å². The standard InChI is InChI=1S/C27H29N5O3/c1-18(33)21-11-8-19(9-12-21)6-4-15-29-27-31-25-22(7-5-14-28-25)26(32-27)30-17-20-10-13-23(34-2)24(16-20)35-3/h5,7-14,16H,4,6,15,17H2,1-3H3,(H2,28,29,30,31,32). The van der Waals surface area contributed by atoms with Crippen LogP contribution in [0.15, 0.2) is 60.8 Å². The minimum absolute atomic E-state index is 0.0795. The van der Waals surface area contributed by atoms with Crippen LogP contribution in [0.5, 0.6) is 11.5 Å². The van der Waals surface area contributed by atoms with Gasteiger partial charge in [0, 0.05) is 24.8 Å². The molecule has 2 N–H and O–H groups in total. The first-order valence-corrected chi connectivity index (χ1v) is 11.5. The van der Waals surface area contributed by atoms with Gasteiger partial charge < -0.3 is 20.1 Å². The van der Waals surface area contributed by atoms with Crippen molar-refractivity contribution in [1.29, 1.82) is 0 Å². The molecule has 0 saturated carbocycles. The number of pyridine rings is 1. The number of hydrogen-bond acceptors (Lipinski definition) is 8. The van der Waals surface area contributed by atoms with Crippen LogP contribution < -0.4 is 20.1 Å². The second-order valence-corrected chi connectivity index (χ2v) is 8.10. The third-order valence-electron chi connectivity index (χ3n) is 5.67. The molecule has 4 aromatic rings. The lowest BCUT2D eigenvalue weighted by Gasteiger charge is -2.13. The van der Waals surface area contributed by atoms with E-state index in [4.69, 9.17) is 14.5 Å². The van der Waals surface area contributed by atoms with Crippen LogP contribution in [0.4, 0.5) is 11.8 Å². The molecular formula is C27H29N5O3. The molecule has 8 heteroatoms. The summed E-state index contributed by atoms with van der Waals surface area (Å²) in [6.07, 6.45) is 3.51. The fourth-order valence-electron chi connectivity index (χ4n) is 3.75. The van der Waals surface area contributed by atoms with Crippen molar-refractivity contribution in [3.05, 3.63) is 77.5 Å². The number of benzene rings is 2. The zero-order valence-corrected chi connectivity index (χ0v) is 20.2. The minimum atomic E-state index is 0.0795. The van der Waals surface area contributed by atoms with E-state index < -0.39 is 0 Å². The Morgan fingerprint density at radius 3 is 2.43 bits per heavy atom. The molecule has 0 aliphatic rings. The van der Waals surface area contributed by atoms with E-state index in [9.17, 15) is 4.79 Å². The summed E-state index contributed by atoms with van der Waals surface area (Å²) in [4.78, 5) is 25.1. The first kappa shape index (κ1) is 23.9. The Labute approximate surface area is 204 Å². The third kappa shape index (κ3) is 6.03. The molecule has 0 spiro atoms. The number of fused-ring (bicyclic) bond motifs is 1. The number of nitrogens with zero attached hydrogens (tertiary/aromatic N) is 3. The second kappa shape index (κ2) is 11.3. The van der Waals surface area contributed by atoms with Gasteiger partial charge in [0.05, 0.1) is 19.6 Å². The van der Waals surface area contributed by atoms with E-state index >= 15 is 0 Å². The van der Waals surface area contributed by atoms with Gasteiger partial charge in [-0.15, -0.1) is 0 Å². The highest BCUT2D eigenvalue weighted by atomic mass is 16.5. The molecule has 2 aromatic carbocycles. The number of hydrogen-bond donors (Lipinski definition) is 2. The van der Waals surface area contributed by atoms with Gasteiger partial charge in [-0.3, -0.25) is 4.79 Å². The Morgan fingerprint density at radius 1 is 0.914 bits per heavy atom. The van der Waals surface area contributed by atoms with Gasteiger partial charge in [0.2, 0.25) is 5.95 Å². The maximum Gasteiger partial charge on any atom is 0.226 e. The maximum atomic E-state index is 11.4. The maximum absolute atomic E-state index is 11.4. The molecule has 0 amide bonds. The highest BCUT2D eigenvalue weighted by molar-refractivity contribution is 5.94. The third-order valence-corrected chi connectivity index (χ3v) is 5.67. The quantitative estimate of drug-likeness (QED) is 0.235. The van der Waals surface area contributed by atoms with E-state index in [-0.39, 0.29) is 5.78 Å². The highest BCUT2D eigenvalue weighted by Crippen LogP contribution is 2.28. The smallest absolute Gasteiger partial charge is 0.226 e. The first-order chi connectivity index (χ1) is 17.1. The number of aryl methyl sites for hydroxylation is 1. The van der Waals surface area contributed by atoms with Crippen LogP contribution in [0.3, 0.4) is 0 Å². The molecule has 4 rings (SSSR count). The number of Topliss-reactive ketones (excluding diaryl/α,β-unsaturated/α-hetero) is 1. The SMILES string of the molecule is COc1ccc(CNc2nc(NCCCc3ccc(C(C)=O)cc3)nc3ncccc23)cc1OC. The van der Waals surface area contributed by atoms with Crippen molar-refractivity contribution in [3.63, 3.8) is 0 Å². The minimum Gasteiger partial charge on any atom is -0.493 e. The van der Waals surface area contributed by atoms with Crippen LogP contribution in [0.2, 0.25) is 0 Å². The molecule has 0 atom stereocenters. The van der Waals surface area contributed by atoms with Crippen molar-refractivity contribution in [2.45, 2.75) is 26.3 Å². The van der Waals surface area contributed by atoms with Gasteiger partial charge in [0.1, 0.15) is 5.82 Å². The molecule has 0 fully saturated rings. The fraction of sp³-hybridized carbons (Fsp3) is 0.259. The van der Waals surface area contributed by atoms with Gasteiger partial charge in [-0.2, -0.15) is 9.97 Å². The van der Waals surface area contributed by atoms with Crippen LogP contribution in [0.25, 0.3) is 11.0 Å². The highest BCUT2D eigenvalue weighted by Gasteiger charge is 2.10. The predicted molar refractivity (Wildman–Crippen MR) is 137 cm³/mol. The van der Waals surface area contributed by atoms with E-state index in [0.29, 0.717) is 42.0 Å². The van der Waals surface area contributed by atoms with Crippen molar-refractivity contribution < 1.29 is 14.3 Å². The number of carbonyl (C=O) groups excluding carboxylic acids is 1. The van der Waals surface area contributed by atoms with Gasteiger partial charge in [0.25, 0.3) is 0 Å². The van der Waals surface area contributed by atoms with Crippen LogP contribution in [-0.4, -0.2) is 41.5 Å². The van der Waals surface area contributed by atoms with E-state index in [1.54, 1.807) is 27.3 Å². The van der Waals surface area contributed by atoms with Crippen molar-refractivity contribution in [3.8, 4) is 11.5 Å². The number of carbonyl (C=O) groups is 1. The average Bonchev–Trinajstić information content (AvgIpc) is 2.89. The predicted octanol–water partition coefficient (Wildman–Crippen LogP) is 4.90. The number of nitrogens with one attached hydrogen (secondary N) is 2. The summed E-state index contributed by atoms with van der Waals surface area (Å²) in [7, 11) is 3.24. The Hall–Kier alpha value is -4.20. The summed E-state index contributed by atoms with van der Waals surface area (Å²) in [6, 6.07) is 17.4. The molecule has 35 heavy (non-hydrogen) atoms. The average molecular weight is 472 g/mol. The number of methoxy groups -OCH3 is 2. The van der Waals surface area contributed by atoms with Gasteiger partial charge in [-0.1, -0.05) is 30.3 Å². The van der Waals surface area contributed by atoms with Crippen molar-refractivity contribution in [2.75, 3.05) is 31.4 Å². The molecule has 2 heterocycles. The summed E-state index contributed by atoms with van der Waals surface area (Å²) in [5.74, 6) is 2.68. The summed E-state index contributed by atoms with van der Waals surface area (Å²) in [5.41, 5.74) is 3.58. The number of ketones is 1. The molecule has 8 nitrogen and oxygen atoms in total. The number of aromatic nitrogens is 3. The molecule has 0 unspecified atom stereocenters. The lowest BCUT2D eigenvalue weighted by atomic mass is 10.1. The molecule has 0 saturated heterocycles. The molecule has 2 aromatic heterocycles. The first-order valence-electron chi connectivity index (χ1n) is 11.5. The topological polar surface area (TPSA) is 98.3 Å². The largest absolute Gasteiger partial charge is 0.493 e. The normalized spacial score (nSPS) is 10.7. The second-order valence-electron chi connectivity index (χ2n) is 8.10. The zero-order chi connectivity index (χ0) is 24.6. The van der Waals surface area contributed by atoms with E-state index in [1.165, 1.54) is 5.56 Å².